The first kappa shape index (κ1) is 14.4. The van der Waals surface area contributed by atoms with Gasteiger partial charge < -0.3 is 15.5 Å². The minimum atomic E-state index is -1.02. The summed E-state index contributed by atoms with van der Waals surface area (Å²) < 4.78 is 0. The van der Waals surface area contributed by atoms with E-state index in [1.807, 2.05) is 0 Å². The zero-order valence-electron chi connectivity index (χ0n) is 11.0. The van der Waals surface area contributed by atoms with E-state index in [9.17, 15) is 9.90 Å². The molecule has 0 aliphatic carbocycles. The van der Waals surface area contributed by atoms with Crippen molar-refractivity contribution in [3.8, 4) is 0 Å². The maximum atomic E-state index is 11.1. The molecule has 0 amide bonds. The third-order valence-corrected chi connectivity index (χ3v) is 2.61. The summed E-state index contributed by atoms with van der Waals surface area (Å²) in [5.41, 5.74) is 1.38. The highest BCUT2D eigenvalue weighted by Crippen LogP contribution is 2.18. The van der Waals surface area contributed by atoms with Crippen LogP contribution in [0.1, 0.15) is 36.3 Å². The number of carboxylic acid groups (broad SMARTS) is 1. The van der Waals surface area contributed by atoms with Crippen LogP contribution in [-0.2, 0) is 0 Å². The number of rotatable bonds is 6. The average molecular weight is 252 g/mol. The second kappa shape index (κ2) is 6.35. The molecule has 1 unspecified atom stereocenters. The van der Waals surface area contributed by atoms with E-state index in [2.05, 4.69) is 24.1 Å². The number of anilines is 1. The highest BCUT2D eigenvalue weighted by molar-refractivity contribution is 5.93. The number of nitrogens with one attached hydrogen (secondary N) is 1. The van der Waals surface area contributed by atoms with E-state index in [0.717, 1.165) is 12.1 Å². The molecule has 1 atom stereocenters. The highest BCUT2D eigenvalue weighted by Gasteiger charge is 2.15. The number of aliphatic hydroxyl groups is 1. The molecule has 0 bridgehead atoms. The van der Waals surface area contributed by atoms with Gasteiger partial charge in [-0.3, -0.25) is 4.98 Å². The fourth-order valence-corrected chi connectivity index (χ4v) is 1.82. The Kier molecular flexibility index (Phi) is 5.09. The molecule has 1 aromatic rings. The van der Waals surface area contributed by atoms with E-state index in [4.69, 9.17) is 5.11 Å². The van der Waals surface area contributed by atoms with Crippen molar-refractivity contribution in [1.29, 1.82) is 0 Å². The lowest BCUT2D eigenvalue weighted by atomic mass is 10.0. The van der Waals surface area contributed by atoms with E-state index >= 15 is 0 Å². The summed E-state index contributed by atoms with van der Waals surface area (Å²) in [5.74, 6) is -0.600. The molecule has 0 aliphatic heterocycles. The number of pyridine rings is 1. The topological polar surface area (TPSA) is 82.5 Å². The number of hydrogen-bond acceptors (Lipinski definition) is 4. The predicted molar refractivity (Wildman–Crippen MR) is 69.9 cm³/mol. The molecule has 1 heterocycles. The Morgan fingerprint density at radius 2 is 2.17 bits per heavy atom. The zero-order chi connectivity index (χ0) is 13.7. The van der Waals surface area contributed by atoms with Gasteiger partial charge in [0.25, 0.3) is 0 Å². The van der Waals surface area contributed by atoms with Crippen LogP contribution in [0.15, 0.2) is 12.3 Å². The predicted octanol–water partition coefficient (Wildman–Crippen LogP) is 1.91. The van der Waals surface area contributed by atoms with Crippen molar-refractivity contribution in [3.05, 3.63) is 23.5 Å². The molecule has 0 aromatic carbocycles. The minimum absolute atomic E-state index is 0.0292. The van der Waals surface area contributed by atoms with E-state index < -0.39 is 5.97 Å². The molecule has 1 aromatic heterocycles. The Bertz CT molecular complexity index is 419. The minimum Gasteiger partial charge on any atom is -0.478 e. The molecule has 0 fully saturated rings. The molecule has 0 radical (unpaired) electrons. The standard InChI is InChI=1S/C13H20N2O3/c1-8(2)4-10(7-16)15-12-5-9(3)14-6-11(12)13(17)18/h5-6,8,10,16H,4,7H2,1-3H3,(H,14,15)(H,17,18). The second-order valence-corrected chi connectivity index (χ2v) is 4.83. The second-order valence-electron chi connectivity index (χ2n) is 4.83. The Morgan fingerprint density at radius 3 is 2.67 bits per heavy atom. The molecule has 0 saturated heterocycles. The normalized spacial score (nSPS) is 12.5. The van der Waals surface area contributed by atoms with Crippen molar-refractivity contribution in [3.63, 3.8) is 0 Å². The number of carbonyl (C=O) groups is 1. The van der Waals surface area contributed by atoms with Gasteiger partial charge in [0.1, 0.15) is 5.56 Å². The summed E-state index contributed by atoms with van der Waals surface area (Å²) in [7, 11) is 0. The number of aromatic nitrogens is 1. The number of aromatic carboxylic acids is 1. The molecule has 18 heavy (non-hydrogen) atoms. The Balaban J connectivity index is 2.93. The van der Waals surface area contributed by atoms with Gasteiger partial charge >= 0.3 is 5.97 Å². The lowest BCUT2D eigenvalue weighted by Crippen LogP contribution is -2.26. The van der Waals surface area contributed by atoms with Crippen LogP contribution in [0.5, 0.6) is 0 Å². The van der Waals surface area contributed by atoms with Gasteiger partial charge in [0, 0.05) is 17.9 Å². The quantitative estimate of drug-likeness (QED) is 0.720. The van der Waals surface area contributed by atoms with Gasteiger partial charge in [-0.2, -0.15) is 0 Å². The van der Waals surface area contributed by atoms with E-state index in [1.54, 1.807) is 13.0 Å². The van der Waals surface area contributed by atoms with Crippen molar-refractivity contribution in [2.24, 2.45) is 5.92 Å². The third kappa shape index (κ3) is 4.00. The lowest BCUT2D eigenvalue weighted by molar-refractivity contribution is 0.0697. The van der Waals surface area contributed by atoms with E-state index in [-0.39, 0.29) is 18.2 Å². The zero-order valence-corrected chi connectivity index (χ0v) is 11.0. The first-order valence-electron chi connectivity index (χ1n) is 6.01. The maximum absolute atomic E-state index is 11.1. The molecule has 5 nitrogen and oxygen atoms in total. The number of aliphatic hydroxyl groups excluding tert-OH is 1. The van der Waals surface area contributed by atoms with Crippen LogP contribution < -0.4 is 5.32 Å². The van der Waals surface area contributed by atoms with Crippen molar-refractivity contribution in [2.75, 3.05) is 11.9 Å². The highest BCUT2D eigenvalue weighted by atomic mass is 16.4. The summed E-state index contributed by atoms with van der Waals surface area (Å²) in [6.45, 7) is 5.88. The molecule has 100 valence electrons. The molecular formula is C13H20N2O3. The summed E-state index contributed by atoms with van der Waals surface area (Å²) in [5, 5.41) is 21.5. The molecule has 3 N–H and O–H groups in total. The Morgan fingerprint density at radius 1 is 1.50 bits per heavy atom. The van der Waals surface area contributed by atoms with Crippen LogP contribution in [-0.4, -0.2) is 33.8 Å². The van der Waals surface area contributed by atoms with Gasteiger partial charge in [-0.15, -0.1) is 0 Å². The van der Waals surface area contributed by atoms with Gasteiger partial charge in [0.05, 0.1) is 12.3 Å². The Labute approximate surface area is 107 Å². The average Bonchev–Trinajstić information content (AvgIpc) is 2.27. The van der Waals surface area contributed by atoms with E-state index in [0.29, 0.717) is 11.6 Å². The van der Waals surface area contributed by atoms with Gasteiger partial charge in [0.15, 0.2) is 0 Å². The fraction of sp³-hybridized carbons (Fsp3) is 0.538. The van der Waals surface area contributed by atoms with Gasteiger partial charge in [0.2, 0.25) is 0 Å². The monoisotopic (exact) mass is 252 g/mol. The Hall–Kier alpha value is -1.62. The molecule has 0 saturated carbocycles. The van der Waals surface area contributed by atoms with Gasteiger partial charge in [-0.25, -0.2) is 4.79 Å². The number of hydrogen-bond donors (Lipinski definition) is 3. The summed E-state index contributed by atoms with van der Waals surface area (Å²) in [6, 6.07) is 1.54. The maximum Gasteiger partial charge on any atom is 0.339 e. The fourth-order valence-electron chi connectivity index (χ4n) is 1.82. The summed E-state index contributed by atoms with van der Waals surface area (Å²) >= 11 is 0. The molecular weight excluding hydrogens is 232 g/mol. The van der Waals surface area contributed by atoms with Crippen LogP contribution >= 0.6 is 0 Å². The van der Waals surface area contributed by atoms with Crippen molar-refractivity contribution >= 4 is 11.7 Å². The molecule has 0 aliphatic rings. The van der Waals surface area contributed by atoms with Crippen LogP contribution in [0.4, 0.5) is 5.69 Å². The first-order valence-corrected chi connectivity index (χ1v) is 6.01. The first-order chi connectivity index (χ1) is 8.43. The molecule has 0 spiro atoms. The van der Waals surface area contributed by atoms with Gasteiger partial charge in [-0.1, -0.05) is 13.8 Å². The van der Waals surface area contributed by atoms with E-state index in [1.165, 1.54) is 6.20 Å². The summed E-state index contributed by atoms with van der Waals surface area (Å²) in [6.07, 6.45) is 2.11. The van der Waals surface area contributed by atoms with Crippen LogP contribution in [0.25, 0.3) is 0 Å². The van der Waals surface area contributed by atoms with Crippen molar-refractivity contribution < 1.29 is 15.0 Å². The van der Waals surface area contributed by atoms with Crippen molar-refractivity contribution in [2.45, 2.75) is 33.2 Å². The summed E-state index contributed by atoms with van der Waals surface area (Å²) in [4.78, 5) is 15.1. The smallest absolute Gasteiger partial charge is 0.339 e. The third-order valence-electron chi connectivity index (χ3n) is 2.61. The van der Waals surface area contributed by atoms with Crippen LogP contribution in [0.3, 0.4) is 0 Å². The SMILES string of the molecule is Cc1cc(NC(CO)CC(C)C)c(C(=O)O)cn1. The number of nitrogens with zero attached hydrogens (tertiary/aromatic N) is 1. The van der Waals surface area contributed by atoms with Crippen LogP contribution in [0, 0.1) is 12.8 Å². The molecule has 5 heteroatoms. The van der Waals surface area contributed by atoms with Gasteiger partial charge in [-0.05, 0) is 25.3 Å². The molecule has 1 rings (SSSR count). The van der Waals surface area contributed by atoms with Crippen LogP contribution in [0.2, 0.25) is 0 Å². The lowest BCUT2D eigenvalue weighted by Gasteiger charge is -2.20. The van der Waals surface area contributed by atoms with Crippen molar-refractivity contribution in [1.82, 2.24) is 4.98 Å². The largest absolute Gasteiger partial charge is 0.478 e. The number of carboxylic acids is 1. The number of aryl methyl sites for hydroxylation is 1.